The van der Waals surface area contributed by atoms with Crippen LogP contribution < -0.4 is 0 Å². The minimum Gasteiger partial charge on any atom is -0.416 e. The lowest BCUT2D eigenvalue weighted by Gasteiger charge is -1.94. The molecule has 0 amide bonds. The maximum absolute atomic E-state index is 5.75. The standard InChI is InChI=1S/C19H20N2O/c1-5-7-14(2)10-12-16(4)18-20-21-19(22-18)17-9-6-8-15(3)11-13-17/h5-7,9-13H,1-4H3/b7-5-,14-10-,16-12+. The molecule has 1 aromatic heterocycles. The van der Waals surface area contributed by atoms with Gasteiger partial charge in [-0.25, -0.2) is 0 Å². The Morgan fingerprint density at radius 2 is 2.00 bits per heavy atom. The molecule has 3 nitrogen and oxygen atoms in total. The Hall–Kier alpha value is -2.64. The van der Waals surface area contributed by atoms with E-state index in [9.17, 15) is 0 Å². The summed E-state index contributed by atoms with van der Waals surface area (Å²) in [5.74, 6) is 1.05. The van der Waals surface area contributed by atoms with Crippen molar-refractivity contribution in [2.24, 2.45) is 0 Å². The summed E-state index contributed by atoms with van der Waals surface area (Å²) in [6.45, 7) is 8.00. The van der Waals surface area contributed by atoms with Crippen LogP contribution in [0.2, 0.25) is 0 Å². The molecule has 1 heterocycles. The third kappa shape index (κ3) is 4.18. The van der Waals surface area contributed by atoms with Gasteiger partial charge in [0.05, 0.1) is 0 Å². The van der Waals surface area contributed by atoms with E-state index in [-0.39, 0.29) is 0 Å². The molecule has 0 fully saturated rings. The highest BCUT2D eigenvalue weighted by atomic mass is 16.4. The zero-order valence-corrected chi connectivity index (χ0v) is 13.4. The first kappa shape index (κ1) is 15.7. The van der Waals surface area contributed by atoms with Crippen LogP contribution in [0.15, 0.2) is 69.9 Å². The molecule has 3 heteroatoms. The normalized spacial score (nSPS) is 16.0. The van der Waals surface area contributed by atoms with E-state index in [2.05, 4.69) is 15.9 Å². The van der Waals surface area contributed by atoms with Crippen LogP contribution in [-0.4, -0.2) is 10.2 Å². The van der Waals surface area contributed by atoms with Gasteiger partial charge in [-0.15, -0.1) is 15.9 Å². The molecule has 1 aromatic rings. The zero-order valence-electron chi connectivity index (χ0n) is 13.4. The van der Waals surface area contributed by atoms with E-state index in [1.54, 1.807) is 0 Å². The maximum Gasteiger partial charge on any atom is 0.248 e. The van der Waals surface area contributed by atoms with E-state index in [1.807, 2.05) is 76.3 Å². The van der Waals surface area contributed by atoms with E-state index in [1.165, 1.54) is 5.57 Å². The predicted octanol–water partition coefficient (Wildman–Crippen LogP) is 5.05. The van der Waals surface area contributed by atoms with Crippen molar-refractivity contribution in [3.63, 3.8) is 0 Å². The van der Waals surface area contributed by atoms with Crippen LogP contribution in [0.4, 0.5) is 0 Å². The molecule has 1 aliphatic rings. The van der Waals surface area contributed by atoms with Crippen molar-refractivity contribution in [2.75, 3.05) is 0 Å². The first-order valence-corrected chi connectivity index (χ1v) is 7.24. The van der Waals surface area contributed by atoms with Crippen LogP contribution in [0.3, 0.4) is 0 Å². The van der Waals surface area contributed by atoms with E-state index in [0.29, 0.717) is 11.8 Å². The average molecular weight is 292 g/mol. The molecule has 0 aliphatic heterocycles. The molecule has 0 bridgehead atoms. The summed E-state index contributed by atoms with van der Waals surface area (Å²) in [6, 6.07) is 0. The summed E-state index contributed by atoms with van der Waals surface area (Å²) < 4.78 is 5.75. The molecule has 1 aliphatic carbocycles. The van der Waals surface area contributed by atoms with Crippen LogP contribution in [0, 0.1) is 0 Å². The number of allylic oxidation sites excluding steroid dienone is 11. The average Bonchev–Trinajstić information content (AvgIpc) is 2.89. The second-order valence-electron chi connectivity index (χ2n) is 5.12. The van der Waals surface area contributed by atoms with Crippen molar-refractivity contribution >= 4 is 11.1 Å². The van der Waals surface area contributed by atoms with Crippen molar-refractivity contribution in [1.29, 1.82) is 0 Å². The SMILES string of the molecule is C\C=C/C(C)=C\C=C(/C)c1nnc(C2=CC=C=C(C)C=C2)o1. The van der Waals surface area contributed by atoms with E-state index < -0.39 is 0 Å². The highest BCUT2D eigenvalue weighted by Gasteiger charge is 2.10. The van der Waals surface area contributed by atoms with Crippen molar-refractivity contribution in [1.82, 2.24) is 10.2 Å². The molecule has 0 aromatic carbocycles. The largest absolute Gasteiger partial charge is 0.416 e. The molecule has 0 N–H and O–H groups in total. The van der Waals surface area contributed by atoms with Gasteiger partial charge in [-0.05, 0) is 51.5 Å². The molecule has 0 unspecified atom stereocenters. The van der Waals surface area contributed by atoms with Gasteiger partial charge in [0.1, 0.15) is 0 Å². The molecule has 22 heavy (non-hydrogen) atoms. The quantitative estimate of drug-likeness (QED) is 0.576. The Morgan fingerprint density at radius 1 is 1.18 bits per heavy atom. The van der Waals surface area contributed by atoms with Gasteiger partial charge < -0.3 is 4.42 Å². The number of hydrogen-bond donors (Lipinski definition) is 0. The van der Waals surface area contributed by atoms with Crippen molar-refractivity contribution in [2.45, 2.75) is 27.7 Å². The summed E-state index contributed by atoms with van der Waals surface area (Å²) in [5, 5.41) is 8.24. The number of aromatic nitrogens is 2. The predicted molar refractivity (Wildman–Crippen MR) is 90.9 cm³/mol. The van der Waals surface area contributed by atoms with Crippen molar-refractivity contribution in [3.8, 4) is 0 Å². The highest BCUT2D eigenvalue weighted by Crippen LogP contribution is 2.20. The van der Waals surface area contributed by atoms with E-state index >= 15 is 0 Å². The minimum absolute atomic E-state index is 0.515. The van der Waals surface area contributed by atoms with Crippen LogP contribution in [-0.2, 0) is 0 Å². The molecular weight excluding hydrogens is 272 g/mol. The van der Waals surface area contributed by atoms with Gasteiger partial charge in [-0.3, -0.25) is 0 Å². The van der Waals surface area contributed by atoms with E-state index in [4.69, 9.17) is 4.42 Å². The second kappa shape index (κ2) is 7.39. The Kier molecular flexibility index (Phi) is 5.29. The lowest BCUT2D eigenvalue weighted by atomic mass is 10.2. The van der Waals surface area contributed by atoms with Crippen LogP contribution in [0.5, 0.6) is 0 Å². The number of hydrogen-bond acceptors (Lipinski definition) is 3. The summed E-state index contributed by atoms with van der Waals surface area (Å²) in [4.78, 5) is 0. The van der Waals surface area contributed by atoms with Gasteiger partial charge in [0, 0.05) is 11.1 Å². The monoisotopic (exact) mass is 292 g/mol. The van der Waals surface area contributed by atoms with Gasteiger partial charge in [-0.2, -0.15) is 0 Å². The van der Waals surface area contributed by atoms with E-state index in [0.717, 1.165) is 16.7 Å². The van der Waals surface area contributed by atoms with Crippen LogP contribution in [0.1, 0.15) is 39.5 Å². The summed E-state index contributed by atoms with van der Waals surface area (Å²) in [6.07, 6.45) is 15.8. The summed E-state index contributed by atoms with van der Waals surface area (Å²) >= 11 is 0. The first-order valence-electron chi connectivity index (χ1n) is 7.24. The fourth-order valence-corrected chi connectivity index (χ4v) is 1.87. The van der Waals surface area contributed by atoms with Gasteiger partial charge in [0.25, 0.3) is 0 Å². The smallest absolute Gasteiger partial charge is 0.248 e. The lowest BCUT2D eigenvalue weighted by molar-refractivity contribution is 0.525. The molecule has 2 rings (SSSR count). The first-order chi connectivity index (χ1) is 10.6. The molecule has 0 saturated carbocycles. The summed E-state index contributed by atoms with van der Waals surface area (Å²) in [5.41, 5.74) is 7.18. The molecule has 112 valence electrons. The third-order valence-electron chi connectivity index (χ3n) is 3.12. The topological polar surface area (TPSA) is 38.9 Å². The Morgan fingerprint density at radius 3 is 2.77 bits per heavy atom. The van der Waals surface area contributed by atoms with Crippen molar-refractivity contribution < 1.29 is 4.42 Å². The van der Waals surface area contributed by atoms with Gasteiger partial charge in [-0.1, -0.05) is 36.0 Å². The molecule has 0 spiro atoms. The molecule has 0 radical (unpaired) electrons. The van der Waals surface area contributed by atoms with Crippen LogP contribution >= 0.6 is 0 Å². The fraction of sp³-hybridized carbons (Fsp3) is 0.211. The minimum atomic E-state index is 0.515. The Bertz CT molecular complexity index is 761. The summed E-state index contributed by atoms with van der Waals surface area (Å²) in [7, 11) is 0. The van der Waals surface area contributed by atoms with Gasteiger partial charge in [0.15, 0.2) is 0 Å². The van der Waals surface area contributed by atoms with Gasteiger partial charge >= 0.3 is 0 Å². The maximum atomic E-state index is 5.75. The number of nitrogens with zero attached hydrogens (tertiary/aromatic N) is 2. The molecule has 0 saturated heterocycles. The molecular formula is C19H20N2O. The third-order valence-corrected chi connectivity index (χ3v) is 3.12. The van der Waals surface area contributed by atoms with Gasteiger partial charge in [0.2, 0.25) is 11.8 Å². The number of rotatable bonds is 4. The van der Waals surface area contributed by atoms with Crippen molar-refractivity contribution in [3.05, 3.63) is 77.3 Å². The van der Waals surface area contributed by atoms with Crippen LogP contribution in [0.25, 0.3) is 11.1 Å². The molecule has 0 atom stereocenters. The lowest BCUT2D eigenvalue weighted by Crippen LogP contribution is -1.80. The second-order valence-corrected chi connectivity index (χ2v) is 5.12. The zero-order chi connectivity index (χ0) is 15.9. The highest BCUT2D eigenvalue weighted by molar-refractivity contribution is 5.71. The fourth-order valence-electron chi connectivity index (χ4n) is 1.87. The Balaban J connectivity index is 2.20. The Labute approximate surface area is 131 Å².